The minimum absolute atomic E-state index is 0.0471. The number of piperazine rings is 1. The maximum atomic E-state index is 6.59. The lowest BCUT2D eigenvalue weighted by molar-refractivity contribution is 0.0861. The van der Waals surface area contributed by atoms with Crippen LogP contribution in [0.25, 0.3) is 0 Å². The molecule has 3 heterocycles. The Hall–Kier alpha value is -1.54. The number of likely N-dealkylation sites (N-methyl/N-ethyl adjacent to an activating group) is 1. The van der Waals surface area contributed by atoms with Gasteiger partial charge in [-0.05, 0) is 41.4 Å². The molecule has 2 aliphatic heterocycles. The van der Waals surface area contributed by atoms with Crippen molar-refractivity contribution in [2.24, 2.45) is 0 Å². The fraction of sp³-hybridized carbons (Fsp3) is 0.632. The third-order valence-electron chi connectivity index (χ3n) is 5.62. The molecular formula is C19H27ClN6O. The molecule has 2 atom stereocenters. The molecule has 4 rings (SSSR count). The third-order valence-corrected chi connectivity index (χ3v) is 5.97. The highest BCUT2D eigenvalue weighted by molar-refractivity contribution is 6.31. The lowest BCUT2D eigenvalue weighted by atomic mass is 10.0. The van der Waals surface area contributed by atoms with E-state index in [0.29, 0.717) is 6.54 Å². The van der Waals surface area contributed by atoms with Crippen molar-refractivity contribution in [3.8, 4) is 0 Å². The van der Waals surface area contributed by atoms with Crippen LogP contribution in [0, 0.1) is 0 Å². The second kappa shape index (κ2) is 8.65. The number of ether oxygens (including phenoxy) is 1. The number of benzene rings is 1. The van der Waals surface area contributed by atoms with Crippen LogP contribution in [0.1, 0.15) is 37.2 Å². The predicted octanol–water partition coefficient (Wildman–Crippen LogP) is 2.23. The minimum Gasteiger partial charge on any atom is -0.376 e. The zero-order chi connectivity index (χ0) is 18.6. The van der Waals surface area contributed by atoms with Gasteiger partial charge < -0.3 is 9.64 Å². The number of tetrazole rings is 1. The SMILES string of the molecule is CCN1CCN([C@H](c2ccccc2Cl)c2nnnn2C[C@@H]2CCCO2)CC1. The summed E-state index contributed by atoms with van der Waals surface area (Å²) in [6.07, 6.45) is 2.36. The Morgan fingerprint density at radius 3 is 2.74 bits per heavy atom. The number of hydrogen-bond donors (Lipinski definition) is 0. The molecule has 0 amide bonds. The van der Waals surface area contributed by atoms with Crippen LogP contribution in [0.5, 0.6) is 0 Å². The Kier molecular flexibility index (Phi) is 6.02. The molecule has 146 valence electrons. The van der Waals surface area contributed by atoms with Crippen LogP contribution < -0.4 is 0 Å². The standard InChI is InChI=1S/C19H27ClN6O/c1-2-24-9-11-25(12-10-24)18(16-7-3-4-8-17(16)20)19-21-22-23-26(19)14-15-6-5-13-27-15/h3-4,7-8,15,18H,2,5-6,9-14H2,1H3/t15-,18+/m0/s1. The van der Waals surface area contributed by atoms with Gasteiger partial charge in [0.2, 0.25) is 0 Å². The first-order chi connectivity index (χ1) is 13.3. The normalized spacial score (nSPS) is 23.0. The lowest BCUT2D eigenvalue weighted by Gasteiger charge is -2.38. The summed E-state index contributed by atoms with van der Waals surface area (Å²) in [5.41, 5.74) is 1.06. The molecule has 0 aliphatic carbocycles. The van der Waals surface area contributed by atoms with E-state index < -0.39 is 0 Å². The minimum atomic E-state index is -0.0471. The number of hydrogen-bond acceptors (Lipinski definition) is 6. The van der Waals surface area contributed by atoms with Gasteiger partial charge in [-0.25, -0.2) is 4.68 Å². The summed E-state index contributed by atoms with van der Waals surface area (Å²) in [6, 6.07) is 7.98. The molecule has 0 radical (unpaired) electrons. The highest BCUT2D eigenvalue weighted by Gasteiger charge is 2.32. The van der Waals surface area contributed by atoms with Crippen LogP contribution in [0.3, 0.4) is 0 Å². The van der Waals surface area contributed by atoms with E-state index in [0.717, 1.165) is 68.6 Å². The zero-order valence-corrected chi connectivity index (χ0v) is 16.6. The Morgan fingerprint density at radius 2 is 2.04 bits per heavy atom. The van der Waals surface area contributed by atoms with Gasteiger partial charge >= 0.3 is 0 Å². The van der Waals surface area contributed by atoms with Crippen molar-refractivity contribution in [1.29, 1.82) is 0 Å². The molecule has 2 fully saturated rings. The molecule has 0 unspecified atom stereocenters. The molecule has 0 N–H and O–H groups in total. The molecule has 1 aromatic heterocycles. The molecule has 1 aromatic carbocycles. The summed E-state index contributed by atoms with van der Waals surface area (Å²) in [7, 11) is 0. The van der Waals surface area contributed by atoms with Gasteiger partial charge in [-0.15, -0.1) is 5.10 Å². The fourth-order valence-electron chi connectivity index (χ4n) is 4.05. The largest absolute Gasteiger partial charge is 0.376 e. The molecule has 7 nitrogen and oxygen atoms in total. The Morgan fingerprint density at radius 1 is 1.22 bits per heavy atom. The van der Waals surface area contributed by atoms with Crippen LogP contribution >= 0.6 is 11.6 Å². The smallest absolute Gasteiger partial charge is 0.173 e. The summed E-state index contributed by atoms with van der Waals surface area (Å²) in [5, 5.41) is 13.4. The van der Waals surface area contributed by atoms with Gasteiger partial charge in [0.1, 0.15) is 0 Å². The quantitative estimate of drug-likeness (QED) is 0.753. The maximum Gasteiger partial charge on any atom is 0.173 e. The molecule has 0 spiro atoms. The van der Waals surface area contributed by atoms with Gasteiger partial charge in [-0.2, -0.15) is 0 Å². The van der Waals surface area contributed by atoms with Crippen molar-refractivity contribution in [3.63, 3.8) is 0 Å². The average molecular weight is 391 g/mol. The van der Waals surface area contributed by atoms with Gasteiger partial charge in [0, 0.05) is 37.8 Å². The van der Waals surface area contributed by atoms with Gasteiger partial charge in [0.25, 0.3) is 0 Å². The fourth-order valence-corrected chi connectivity index (χ4v) is 4.29. The first-order valence-electron chi connectivity index (χ1n) is 9.84. The molecular weight excluding hydrogens is 364 g/mol. The summed E-state index contributed by atoms with van der Waals surface area (Å²) in [5.74, 6) is 0.851. The number of nitrogens with zero attached hydrogens (tertiary/aromatic N) is 6. The first kappa shape index (κ1) is 18.8. The summed E-state index contributed by atoms with van der Waals surface area (Å²) in [6.45, 7) is 8.85. The predicted molar refractivity (Wildman–Crippen MR) is 104 cm³/mol. The van der Waals surface area contributed by atoms with Crippen molar-refractivity contribution in [2.75, 3.05) is 39.3 Å². The van der Waals surface area contributed by atoms with E-state index in [9.17, 15) is 0 Å². The zero-order valence-electron chi connectivity index (χ0n) is 15.8. The van der Waals surface area contributed by atoms with Crippen molar-refractivity contribution in [2.45, 2.75) is 38.5 Å². The Labute approximate surface area is 165 Å². The van der Waals surface area contributed by atoms with Crippen LogP contribution in [-0.4, -0.2) is 75.4 Å². The van der Waals surface area contributed by atoms with Crippen molar-refractivity contribution in [3.05, 3.63) is 40.7 Å². The van der Waals surface area contributed by atoms with Crippen LogP contribution in [0.15, 0.2) is 24.3 Å². The van der Waals surface area contributed by atoms with Crippen molar-refractivity contribution >= 4 is 11.6 Å². The number of aromatic nitrogens is 4. The van der Waals surface area contributed by atoms with Crippen LogP contribution in [0.4, 0.5) is 0 Å². The molecule has 8 heteroatoms. The van der Waals surface area contributed by atoms with E-state index in [4.69, 9.17) is 16.3 Å². The molecule has 2 aromatic rings. The Bertz CT molecular complexity index is 739. The van der Waals surface area contributed by atoms with Crippen LogP contribution in [0.2, 0.25) is 5.02 Å². The molecule has 0 saturated carbocycles. The van der Waals surface area contributed by atoms with Gasteiger partial charge in [0.05, 0.1) is 18.7 Å². The molecule has 2 saturated heterocycles. The lowest BCUT2D eigenvalue weighted by Crippen LogP contribution is -2.48. The first-order valence-corrected chi connectivity index (χ1v) is 10.2. The summed E-state index contributed by atoms with van der Waals surface area (Å²) < 4.78 is 7.71. The maximum absolute atomic E-state index is 6.59. The third kappa shape index (κ3) is 4.16. The average Bonchev–Trinajstić information content (AvgIpc) is 3.37. The number of rotatable bonds is 6. The van der Waals surface area contributed by atoms with E-state index >= 15 is 0 Å². The topological polar surface area (TPSA) is 59.3 Å². The summed E-state index contributed by atoms with van der Waals surface area (Å²) >= 11 is 6.59. The second-order valence-electron chi connectivity index (χ2n) is 7.25. The highest BCUT2D eigenvalue weighted by atomic mass is 35.5. The van der Waals surface area contributed by atoms with E-state index in [1.165, 1.54) is 0 Å². The van der Waals surface area contributed by atoms with E-state index in [-0.39, 0.29) is 12.1 Å². The van der Waals surface area contributed by atoms with E-state index in [1.807, 2.05) is 22.9 Å². The molecule has 2 aliphatic rings. The highest BCUT2D eigenvalue weighted by Crippen LogP contribution is 2.33. The molecule has 0 bridgehead atoms. The Balaban J connectivity index is 1.64. The van der Waals surface area contributed by atoms with Gasteiger partial charge in [0.15, 0.2) is 5.82 Å². The monoisotopic (exact) mass is 390 g/mol. The van der Waals surface area contributed by atoms with Crippen LogP contribution in [-0.2, 0) is 11.3 Å². The van der Waals surface area contributed by atoms with E-state index in [2.05, 4.69) is 38.3 Å². The van der Waals surface area contributed by atoms with E-state index in [1.54, 1.807) is 0 Å². The van der Waals surface area contributed by atoms with Gasteiger partial charge in [-0.1, -0.05) is 36.7 Å². The summed E-state index contributed by atoms with van der Waals surface area (Å²) in [4.78, 5) is 4.92. The van der Waals surface area contributed by atoms with Crippen molar-refractivity contribution in [1.82, 2.24) is 30.0 Å². The molecule has 27 heavy (non-hydrogen) atoms. The second-order valence-corrected chi connectivity index (χ2v) is 7.66. The number of halogens is 1. The van der Waals surface area contributed by atoms with Gasteiger partial charge in [-0.3, -0.25) is 4.90 Å². The van der Waals surface area contributed by atoms with Crippen molar-refractivity contribution < 1.29 is 4.74 Å².